The molecule has 0 fully saturated rings. The smallest absolute Gasteiger partial charge is 0.338 e. The summed E-state index contributed by atoms with van der Waals surface area (Å²) < 4.78 is 13.7. The van der Waals surface area contributed by atoms with Crippen LogP contribution in [0.1, 0.15) is 37.0 Å². The molecule has 7 heteroatoms. The lowest BCUT2D eigenvalue weighted by molar-refractivity contribution is -0.384. The third kappa shape index (κ3) is 3.04. The predicted octanol–water partition coefficient (Wildman–Crippen LogP) is 3.06. The molecule has 0 aliphatic carbocycles. The SMILES string of the molecule is CCC(CC)N(C)c1cc(F)c(C(=O)O)cc1[N+](=O)[O-]. The van der Waals surface area contributed by atoms with E-state index >= 15 is 0 Å². The van der Waals surface area contributed by atoms with Crippen molar-refractivity contribution in [3.05, 3.63) is 33.6 Å². The number of carbonyl (C=O) groups is 1. The van der Waals surface area contributed by atoms with Gasteiger partial charge in [-0.15, -0.1) is 0 Å². The molecule has 0 bridgehead atoms. The molecule has 1 aromatic rings. The predicted molar refractivity (Wildman–Crippen MR) is 72.8 cm³/mol. The molecule has 0 heterocycles. The van der Waals surface area contributed by atoms with Crippen LogP contribution >= 0.6 is 0 Å². The van der Waals surface area contributed by atoms with Gasteiger partial charge in [-0.05, 0) is 12.8 Å². The highest BCUT2D eigenvalue weighted by Crippen LogP contribution is 2.32. The van der Waals surface area contributed by atoms with E-state index in [0.717, 1.165) is 25.0 Å². The fraction of sp³-hybridized carbons (Fsp3) is 0.462. The maximum atomic E-state index is 13.7. The number of nitro benzene ring substituents is 1. The number of hydrogen-bond donors (Lipinski definition) is 1. The van der Waals surface area contributed by atoms with E-state index in [-0.39, 0.29) is 11.7 Å². The largest absolute Gasteiger partial charge is 0.478 e. The minimum Gasteiger partial charge on any atom is -0.478 e. The van der Waals surface area contributed by atoms with Crippen molar-refractivity contribution in [3.8, 4) is 0 Å². The van der Waals surface area contributed by atoms with Crippen LogP contribution in [0.3, 0.4) is 0 Å². The lowest BCUT2D eigenvalue weighted by atomic mass is 10.1. The summed E-state index contributed by atoms with van der Waals surface area (Å²) in [7, 11) is 1.64. The van der Waals surface area contributed by atoms with Crippen LogP contribution in [0.15, 0.2) is 12.1 Å². The van der Waals surface area contributed by atoms with E-state index in [1.165, 1.54) is 0 Å². The van der Waals surface area contributed by atoms with Crippen LogP contribution in [0.4, 0.5) is 15.8 Å². The van der Waals surface area contributed by atoms with Crippen molar-refractivity contribution in [2.24, 2.45) is 0 Å². The molecule has 0 aliphatic rings. The molecule has 0 atom stereocenters. The Labute approximate surface area is 116 Å². The topological polar surface area (TPSA) is 83.7 Å². The van der Waals surface area contributed by atoms with E-state index < -0.39 is 28.0 Å². The van der Waals surface area contributed by atoms with Crippen molar-refractivity contribution in [1.82, 2.24) is 0 Å². The normalized spacial score (nSPS) is 10.7. The zero-order valence-corrected chi connectivity index (χ0v) is 11.6. The van der Waals surface area contributed by atoms with Gasteiger partial charge in [0.25, 0.3) is 5.69 Å². The average molecular weight is 284 g/mol. The minimum absolute atomic E-state index is 0.0174. The van der Waals surface area contributed by atoms with Gasteiger partial charge in [0.1, 0.15) is 17.1 Å². The second-order valence-corrected chi connectivity index (χ2v) is 4.46. The van der Waals surface area contributed by atoms with Crippen LogP contribution in [0, 0.1) is 15.9 Å². The first-order valence-corrected chi connectivity index (χ1v) is 6.27. The van der Waals surface area contributed by atoms with E-state index in [9.17, 15) is 19.3 Å². The van der Waals surface area contributed by atoms with Crippen molar-refractivity contribution in [2.45, 2.75) is 32.7 Å². The number of aromatic carboxylic acids is 1. The summed E-state index contributed by atoms with van der Waals surface area (Å²) in [6.45, 7) is 3.86. The van der Waals surface area contributed by atoms with Crippen molar-refractivity contribution >= 4 is 17.3 Å². The van der Waals surface area contributed by atoms with Gasteiger partial charge in [-0.1, -0.05) is 13.8 Å². The Bertz CT molecular complexity index is 529. The molecule has 1 aromatic carbocycles. The molecule has 0 spiro atoms. The molecule has 0 amide bonds. The molecule has 0 radical (unpaired) electrons. The maximum Gasteiger partial charge on any atom is 0.338 e. The number of benzene rings is 1. The van der Waals surface area contributed by atoms with Crippen LogP contribution in [0.25, 0.3) is 0 Å². The van der Waals surface area contributed by atoms with Crippen molar-refractivity contribution in [2.75, 3.05) is 11.9 Å². The summed E-state index contributed by atoms with van der Waals surface area (Å²) in [4.78, 5) is 22.8. The minimum atomic E-state index is -1.53. The van der Waals surface area contributed by atoms with Gasteiger partial charge in [-0.3, -0.25) is 10.1 Å². The zero-order chi connectivity index (χ0) is 15.4. The van der Waals surface area contributed by atoms with Crippen LogP contribution in [0.2, 0.25) is 0 Å². The molecule has 6 nitrogen and oxygen atoms in total. The summed E-state index contributed by atoms with van der Waals surface area (Å²) in [6, 6.07) is 1.70. The standard InChI is InChI=1S/C13H17FN2O4/c1-4-8(5-2)15(3)11-7-10(14)9(13(17)18)6-12(11)16(19)20/h6-8H,4-5H2,1-3H3,(H,17,18). The Balaban J connectivity index is 3.42. The van der Waals surface area contributed by atoms with Crippen LogP contribution in [-0.4, -0.2) is 29.1 Å². The Morgan fingerprint density at radius 1 is 1.45 bits per heavy atom. The number of anilines is 1. The monoisotopic (exact) mass is 284 g/mol. The number of rotatable bonds is 6. The van der Waals surface area contributed by atoms with E-state index in [4.69, 9.17) is 5.11 Å². The van der Waals surface area contributed by atoms with Gasteiger partial charge < -0.3 is 10.0 Å². The second kappa shape index (κ2) is 6.31. The van der Waals surface area contributed by atoms with E-state index in [0.29, 0.717) is 0 Å². The average Bonchev–Trinajstić information content (AvgIpc) is 2.38. The number of carboxylic acid groups (broad SMARTS) is 1. The number of nitrogens with zero attached hydrogens (tertiary/aromatic N) is 2. The number of nitro groups is 1. The highest BCUT2D eigenvalue weighted by atomic mass is 19.1. The van der Waals surface area contributed by atoms with Gasteiger partial charge in [-0.25, -0.2) is 9.18 Å². The molecule has 0 saturated carbocycles. The quantitative estimate of drug-likeness (QED) is 0.641. The third-order valence-corrected chi connectivity index (χ3v) is 3.36. The van der Waals surface area contributed by atoms with Crippen molar-refractivity contribution < 1.29 is 19.2 Å². The summed E-state index contributed by atoms with van der Waals surface area (Å²) in [5.74, 6) is -2.50. The Morgan fingerprint density at radius 3 is 2.40 bits per heavy atom. The molecule has 1 N–H and O–H groups in total. The van der Waals surface area contributed by atoms with Crippen molar-refractivity contribution in [1.29, 1.82) is 0 Å². The van der Waals surface area contributed by atoms with Crippen LogP contribution in [0.5, 0.6) is 0 Å². The van der Waals surface area contributed by atoms with Crippen LogP contribution in [-0.2, 0) is 0 Å². The first-order valence-electron chi connectivity index (χ1n) is 6.27. The number of halogens is 1. The first-order chi connectivity index (χ1) is 9.33. The molecule has 0 aliphatic heterocycles. The maximum absolute atomic E-state index is 13.7. The lowest BCUT2D eigenvalue weighted by Gasteiger charge is -2.28. The molecule has 0 aromatic heterocycles. The Morgan fingerprint density at radius 2 is 2.00 bits per heavy atom. The summed E-state index contributed by atoms with van der Waals surface area (Å²) in [6.07, 6.45) is 1.49. The van der Waals surface area contributed by atoms with Gasteiger partial charge in [0.15, 0.2) is 0 Å². The highest BCUT2D eigenvalue weighted by Gasteiger charge is 2.26. The van der Waals surface area contributed by atoms with E-state index in [2.05, 4.69) is 0 Å². The summed E-state index contributed by atoms with van der Waals surface area (Å²) >= 11 is 0. The Hall–Kier alpha value is -2.18. The van der Waals surface area contributed by atoms with Gasteiger partial charge in [0.2, 0.25) is 0 Å². The fourth-order valence-electron chi connectivity index (χ4n) is 2.18. The molecule has 0 saturated heterocycles. The van der Waals surface area contributed by atoms with Crippen LogP contribution < -0.4 is 4.90 Å². The van der Waals surface area contributed by atoms with E-state index in [1.54, 1.807) is 11.9 Å². The van der Waals surface area contributed by atoms with Crippen molar-refractivity contribution in [3.63, 3.8) is 0 Å². The first kappa shape index (κ1) is 15.9. The van der Waals surface area contributed by atoms with Gasteiger partial charge in [0, 0.05) is 25.2 Å². The summed E-state index contributed by atoms with van der Waals surface area (Å²) in [5, 5.41) is 19.9. The number of carboxylic acids is 1. The third-order valence-electron chi connectivity index (χ3n) is 3.36. The van der Waals surface area contributed by atoms with Gasteiger partial charge >= 0.3 is 5.97 Å². The van der Waals surface area contributed by atoms with Gasteiger partial charge in [0.05, 0.1) is 4.92 Å². The second-order valence-electron chi connectivity index (χ2n) is 4.46. The molecular formula is C13H17FN2O4. The molecular weight excluding hydrogens is 267 g/mol. The molecule has 0 unspecified atom stereocenters. The number of hydrogen-bond acceptors (Lipinski definition) is 4. The lowest BCUT2D eigenvalue weighted by Crippen LogP contribution is -2.31. The van der Waals surface area contributed by atoms with E-state index in [1.807, 2.05) is 13.8 Å². The molecule has 110 valence electrons. The fourth-order valence-corrected chi connectivity index (χ4v) is 2.18. The summed E-state index contributed by atoms with van der Waals surface area (Å²) in [5.41, 5.74) is -1.01. The highest BCUT2D eigenvalue weighted by molar-refractivity contribution is 5.90. The Kier molecular flexibility index (Phi) is 5.01. The molecule has 1 rings (SSSR count). The molecule has 20 heavy (non-hydrogen) atoms. The zero-order valence-electron chi connectivity index (χ0n) is 11.6. The van der Waals surface area contributed by atoms with Gasteiger partial charge in [-0.2, -0.15) is 0 Å².